The standard InChI is InChI=1S/C24H26N4O3/c29-14-16-1-3-17(4-2-16)18-7-9-20(10-8-18)28-21(26-27-23(28)31)13-24(11-12-25-15-24)22(30)19-5-6-19/h1-4,7-10,19,25,29H,5-6,11-15H2,(H,27,31)/t24-/m0/s1. The minimum Gasteiger partial charge on any atom is -0.392 e. The topological polar surface area (TPSA) is 100 Å². The van der Waals surface area contributed by atoms with Gasteiger partial charge in [0.25, 0.3) is 0 Å². The molecule has 160 valence electrons. The summed E-state index contributed by atoms with van der Waals surface area (Å²) in [5, 5.41) is 19.4. The molecule has 31 heavy (non-hydrogen) atoms. The van der Waals surface area contributed by atoms with Gasteiger partial charge in [-0.05, 0) is 54.6 Å². The van der Waals surface area contributed by atoms with Gasteiger partial charge in [-0.15, -0.1) is 0 Å². The molecule has 3 N–H and O–H groups in total. The molecule has 2 fully saturated rings. The Kier molecular flexibility index (Phi) is 5.08. The number of benzene rings is 2. The first-order chi connectivity index (χ1) is 15.1. The molecule has 1 aliphatic heterocycles. The van der Waals surface area contributed by atoms with E-state index in [1.165, 1.54) is 0 Å². The monoisotopic (exact) mass is 418 g/mol. The molecule has 7 nitrogen and oxygen atoms in total. The molecule has 0 amide bonds. The number of aromatic nitrogens is 3. The molecule has 0 bridgehead atoms. The second-order valence-corrected chi connectivity index (χ2v) is 8.70. The zero-order valence-electron chi connectivity index (χ0n) is 17.3. The van der Waals surface area contributed by atoms with Gasteiger partial charge in [-0.3, -0.25) is 4.79 Å². The van der Waals surface area contributed by atoms with Crippen LogP contribution in [0.3, 0.4) is 0 Å². The maximum absolute atomic E-state index is 13.1. The van der Waals surface area contributed by atoms with Gasteiger partial charge in [0.2, 0.25) is 0 Å². The van der Waals surface area contributed by atoms with Crippen LogP contribution < -0.4 is 11.0 Å². The third-order valence-electron chi connectivity index (χ3n) is 6.55. The highest BCUT2D eigenvalue weighted by Gasteiger charge is 2.48. The highest BCUT2D eigenvalue weighted by molar-refractivity contribution is 5.89. The molecule has 0 radical (unpaired) electrons. The Hall–Kier alpha value is -3.03. The Balaban J connectivity index is 1.44. The van der Waals surface area contributed by atoms with Crippen LogP contribution in [0.25, 0.3) is 16.8 Å². The molecule has 5 rings (SSSR count). The third-order valence-corrected chi connectivity index (χ3v) is 6.55. The van der Waals surface area contributed by atoms with Gasteiger partial charge < -0.3 is 10.4 Å². The van der Waals surface area contributed by atoms with Gasteiger partial charge in [-0.2, -0.15) is 5.10 Å². The van der Waals surface area contributed by atoms with E-state index in [-0.39, 0.29) is 18.2 Å². The van der Waals surface area contributed by atoms with Crippen LogP contribution in [-0.4, -0.2) is 38.7 Å². The minimum absolute atomic E-state index is 0.0195. The smallest absolute Gasteiger partial charge is 0.347 e. The number of carbonyl (C=O) groups excluding carboxylic acids is 1. The summed E-state index contributed by atoms with van der Waals surface area (Å²) in [6.07, 6.45) is 3.20. The predicted octanol–water partition coefficient (Wildman–Crippen LogP) is 2.22. The van der Waals surface area contributed by atoms with Crippen LogP contribution in [0.15, 0.2) is 53.3 Å². The number of rotatable bonds is 7. The molecular weight excluding hydrogens is 392 g/mol. The average molecular weight is 418 g/mol. The summed E-state index contributed by atoms with van der Waals surface area (Å²) in [4.78, 5) is 25.6. The molecule has 2 aromatic carbocycles. The molecule has 0 spiro atoms. The molecule has 2 aliphatic rings. The van der Waals surface area contributed by atoms with Crippen LogP contribution in [0.4, 0.5) is 0 Å². The first-order valence-corrected chi connectivity index (χ1v) is 10.8. The number of carbonyl (C=O) groups is 1. The van der Waals surface area contributed by atoms with Crippen molar-refractivity contribution >= 4 is 5.78 Å². The van der Waals surface area contributed by atoms with E-state index in [4.69, 9.17) is 0 Å². The second kappa shape index (κ2) is 7.90. The lowest BCUT2D eigenvalue weighted by Crippen LogP contribution is -2.38. The average Bonchev–Trinajstić information content (AvgIpc) is 3.45. The summed E-state index contributed by atoms with van der Waals surface area (Å²) in [6, 6.07) is 15.5. The van der Waals surface area contributed by atoms with E-state index in [0.29, 0.717) is 24.6 Å². The Labute approximate surface area is 180 Å². The fraction of sp³-hybridized carbons (Fsp3) is 0.375. The summed E-state index contributed by atoms with van der Waals surface area (Å²) in [7, 11) is 0. The van der Waals surface area contributed by atoms with Crippen molar-refractivity contribution in [3.63, 3.8) is 0 Å². The number of nitrogens with one attached hydrogen (secondary N) is 2. The lowest BCUT2D eigenvalue weighted by Gasteiger charge is -2.26. The molecule has 1 aliphatic carbocycles. The lowest BCUT2D eigenvalue weighted by atomic mass is 9.77. The van der Waals surface area contributed by atoms with E-state index in [2.05, 4.69) is 15.5 Å². The van der Waals surface area contributed by atoms with Gasteiger partial charge in [0.05, 0.1) is 12.3 Å². The molecule has 1 atom stereocenters. The fourth-order valence-electron chi connectivity index (χ4n) is 4.59. The summed E-state index contributed by atoms with van der Waals surface area (Å²) < 4.78 is 1.58. The Morgan fingerprint density at radius 2 is 1.77 bits per heavy atom. The highest BCUT2D eigenvalue weighted by atomic mass is 16.3. The quantitative estimate of drug-likeness (QED) is 0.546. The third kappa shape index (κ3) is 3.75. The van der Waals surface area contributed by atoms with Crippen LogP contribution in [0.1, 0.15) is 30.7 Å². The summed E-state index contributed by atoms with van der Waals surface area (Å²) in [6.45, 7) is 1.48. The summed E-state index contributed by atoms with van der Waals surface area (Å²) in [5.41, 5.74) is 2.88. The van der Waals surface area contributed by atoms with Crippen molar-refractivity contribution < 1.29 is 9.90 Å². The Morgan fingerprint density at radius 3 is 2.35 bits per heavy atom. The van der Waals surface area contributed by atoms with Crippen molar-refractivity contribution in [1.82, 2.24) is 20.1 Å². The number of aromatic amines is 1. The van der Waals surface area contributed by atoms with E-state index in [0.717, 1.165) is 48.2 Å². The minimum atomic E-state index is -0.473. The molecule has 1 saturated carbocycles. The van der Waals surface area contributed by atoms with E-state index in [1.807, 2.05) is 48.5 Å². The Morgan fingerprint density at radius 1 is 1.10 bits per heavy atom. The van der Waals surface area contributed by atoms with Crippen LogP contribution in [0.2, 0.25) is 0 Å². The molecule has 2 heterocycles. The van der Waals surface area contributed by atoms with Crippen LogP contribution >= 0.6 is 0 Å². The number of ketones is 1. The first kappa shape index (κ1) is 19.9. The number of aliphatic hydroxyl groups is 1. The number of aliphatic hydroxyl groups excluding tert-OH is 1. The number of nitrogens with zero attached hydrogens (tertiary/aromatic N) is 2. The van der Waals surface area contributed by atoms with Gasteiger partial charge in [0, 0.05) is 24.3 Å². The van der Waals surface area contributed by atoms with Gasteiger partial charge >= 0.3 is 5.69 Å². The normalized spacial score (nSPS) is 20.8. The fourth-order valence-corrected chi connectivity index (χ4v) is 4.59. The van der Waals surface area contributed by atoms with Crippen molar-refractivity contribution in [2.45, 2.75) is 32.3 Å². The van der Waals surface area contributed by atoms with Gasteiger partial charge in [0.1, 0.15) is 11.6 Å². The van der Waals surface area contributed by atoms with E-state index in [9.17, 15) is 14.7 Å². The van der Waals surface area contributed by atoms with Crippen molar-refractivity contribution in [1.29, 1.82) is 0 Å². The largest absolute Gasteiger partial charge is 0.392 e. The van der Waals surface area contributed by atoms with E-state index >= 15 is 0 Å². The summed E-state index contributed by atoms with van der Waals surface area (Å²) >= 11 is 0. The van der Waals surface area contributed by atoms with Crippen molar-refractivity contribution in [2.24, 2.45) is 11.3 Å². The van der Waals surface area contributed by atoms with Crippen molar-refractivity contribution in [3.8, 4) is 16.8 Å². The number of H-pyrrole nitrogens is 1. The van der Waals surface area contributed by atoms with Gasteiger partial charge in [0.15, 0.2) is 0 Å². The molecule has 1 aromatic heterocycles. The maximum atomic E-state index is 13.1. The second-order valence-electron chi connectivity index (χ2n) is 8.70. The maximum Gasteiger partial charge on any atom is 0.347 e. The summed E-state index contributed by atoms with van der Waals surface area (Å²) in [5.74, 6) is 1.10. The Bertz CT molecular complexity index is 1130. The van der Waals surface area contributed by atoms with Gasteiger partial charge in [-0.1, -0.05) is 36.4 Å². The highest BCUT2D eigenvalue weighted by Crippen LogP contribution is 2.41. The van der Waals surface area contributed by atoms with Crippen LogP contribution in [-0.2, 0) is 17.8 Å². The first-order valence-electron chi connectivity index (χ1n) is 10.8. The number of hydrogen-bond donors (Lipinski definition) is 3. The zero-order chi connectivity index (χ0) is 21.4. The molecular formula is C24H26N4O3. The van der Waals surface area contributed by atoms with Crippen molar-refractivity contribution in [2.75, 3.05) is 13.1 Å². The molecule has 1 saturated heterocycles. The number of Topliss-reactive ketones (excluding diaryl/α,β-unsaturated/α-hetero) is 1. The van der Waals surface area contributed by atoms with Gasteiger partial charge in [-0.25, -0.2) is 14.5 Å². The lowest BCUT2D eigenvalue weighted by molar-refractivity contribution is -0.129. The molecule has 7 heteroatoms. The SMILES string of the molecule is O=C(C1CC1)[C@]1(Cc2n[nH]c(=O)n2-c2ccc(-c3ccc(CO)cc3)cc2)CCNC1. The van der Waals surface area contributed by atoms with E-state index in [1.54, 1.807) is 4.57 Å². The van der Waals surface area contributed by atoms with E-state index < -0.39 is 5.41 Å². The number of hydrogen-bond acceptors (Lipinski definition) is 5. The molecule has 3 aromatic rings. The van der Waals surface area contributed by atoms with Crippen LogP contribution in [0.5, 0.6) is 0 Å². The van der Waals surface area contributed by atoms with Crippen LogP contribution in [0, 0.1) is 11.3 Å². The van der Waals surface area contributed by atoms with Crippen molar-refractivity contribution in [3.05, 3.63) is 70.4 Å². The predicted molar refractivity (Wildman–Crippen MR) is 117 cm³/mol. The molecule has 0 unspecified atom stereocenters. The zero-order valence-corrected chi connectivity index (χ0v) is 17.3.